The number of alkyl halides is 3. The Hall–Kier alpha value is -2.36. The zero-order valence-electron chi connectivity index (χ0n) is 12.1. The lowest BCUT2D eigenvalue weighted by atomic mass is 10.1. The summed E-state index contributed by atoms with van der Waals surface area (Å²) >= 11 is 0. The topological polar surface area (TPSA) is 84.2 Å². The quantitative estimate of drug-likeness (QED) is 0.910. The number of furan rings is 1. The monoisotopic (exact) mass is 330 g/mol. The van der Waals surface area contributed by atoms with Gasteiger partial charge in [-0.05, 0) is 13.0 Å². The van der Waals surface area contributed by atoms with Crippen molar-refractivity contribution >= 4 is 5.91 Å². The van der Waals surface area contributed by atoms with Crippen LogP contribution in [0.1, 0.15) is 33.9 Å². The normalized spacial score (nSPS) is 19.1. The second-order valence-corrected chi connectivity index (χ2v) is 5.05. The van der Waals surface area contributed by atoms with Crippen LogP contribution in [0.15, 0.2) is 16.7 Å². The molecule has 0 spiro atoms. The molecule has 2 aromatic heterocycles. The van der Waals surface area contributed by atoms with E-state index in [-0.39, 0.29) is 19.7 Å². The van der Waals surface area contributed by atoms with E-state index in [0.29, 0.717) is 11.6 Å². The molecule has 1 atom stereocenters. The Labute approximate surface area is 128 Å². The molecule has 1 N–H and O–H groups in total. The number of amides is 1. The highest BCUT2D eigenvalue weighted by Gasteiger charge is 2.41. The van der Waals surface area contributed by atoms with Gasteiger partial charge in [-0.15, -0.1) is 0 Å². The Morgan fingerprint density at radius 3 is 2.91 bits per heavy atom. The molecule has 10 heteroatoms. The second kappa shape index (κ2) is 5.69. The minimum Gasteiger partial charge on any atom is -0.459 e. The van der Waals surface area contributed by atoms with Crippen LogP contribution in [0.3, 0.4) is 0 Å². The number of hydrogen-bond acceptors (Lipinski definition) is 5. The van der Waals surface area contributed by atoms with Crippen molar-refractivity contribution in [3.8, 4) is 0 Å². The molecule has 0 unspecified atom stereocenters. The standard InChI is InChI=1S/C13H13F3N4O3/c1-7-17-11(19-18-7)9-6-20(3-5-22-9)12(21)8-2-4-23-10(8)13(14,15)16/h2,4,9H,3,5-6H2,1H3,(H,17,18,19)/t9-/m1/s1. The van der Waals surface area contributed by atoms with Crippen molar-refractivity contribution < 1.29 is 27.1 Å². The molecule has 1 aliphatic heterocycles. The average Bonchev–Trinajstić information content (AvgIpc) is 3.15. The van der Waals surface area contributed by atoms with Crippen LogP contribution in [-0.4, -0.2) is 45.7 Å². The van der Waals surface area contributed by atoms with Crippen LogP contribution >= 0.6 is 0 Å². The lowest BCUT2D eigenvalue weighted by Crippen LogP contribution is -2.43. The summed E-state index contributed by atoms with van der Waals surface area (Å²) < 4.78 is 48.4. The Kier molecular flexibility index (Phi) is 3.84. The van der Waals surface area contributed by atoms with Gasteiger partial charge in [-0.2, -0.15) is 18.3 Å². The number of morpholine rings is 1. The smallest absolute Gasteiger partial charge is 0.450 e. The number of aryl methyl sites for hydroxylation is 1. The third kappa shape index (κ3) is 3.07. The minimum absolute atomic E-state index is 0.0681. The van der Waals surface area contributed by atoms with Crippen LogP contribution in [0, 0.1) is 6.92 Å². The van der Waals surface area contributed by atoms with Crippen molar-refractivity contribution in [1.29, 1.82) is 0 Å². The Morgan fingerprint density at radius 2 is 2.26 bits per heavy atom. The first-order chi connectivity index (χ1) is 10.9. The number of aromatic nitrogens is 3. The molecule has 124 valence electrons. The fourth-order valence-corrected chi connectivity index (χ4v) is 2.36. The molecule has 1 amide bonds. The van der Waals surface area contributed by atoms with E-state index in [9.17, 15) is 18.0 Å². The predicted molar refractivity (Wildman–Crippen MR) is 69.4 cm³/mol. The van der Waals surface area contributed by atoms with Gasteiger partial charge in [0.2, 0.25) is 5.76 Å². The molecule has 2 aromatic rings. The van der Waals surface area contributed by atoms with Crippen molar-refractivity contribution in [2.75, 3.05) is 19.7 Å². The number of aromatic amines is 1. The van der Waals surface area contributed by atoms with E-state index in [4.69, 9.17) is 4.74 Å². The van der Waals surface area contributed by atoms with Gasteiger partial charge in [-0.25, -0.2) is 4.98 Å². The summed E-state index contributed by atoms with van der Waals surface area (Å²) in [5.74, 6) is -1.10. The van der Waals surface area contributed by atoms with Crippen molar-refractivity contribution in [3.05, 3.63) is 35.3 Å². The molecule has 1 saturated heterocycles. The van der Waals surface area contributed by atoms with E-state index in [1.807, 2.05) is 0 Å². The Balaban J connectivity index is 1.79. The molecule has 0 aliphatic carbocycles. The molecule has 0 radical (unpaired) electrons. The zero-order valence-corrected chi connectivity index (χ0v) is 12.1. The highest BCUT2D eigenvalue weighted by Crippen LogP contribution is 2.33. The van der Waals surface area contributed by atoms with Crippen molar-refractivity contribution in [1.82, 2.24) is 20.1 Å². The Morgan fingerprint density at radius 1 is 1.48 bits per heavy atom. The van der Waals surface area contributed by atoms with Crippen molar-refractivity contribution in [2.24, 2.45) is 0 Å². The zero-order chi connectivity index (χ0) is 16.6. The first-order valence-electron chi connectivity index (χ1n) is 6.80. The summed E-state index contributed by atoms with van der Waals surface area (Å²) in [6, 6.07) is 1.02. The van der Waals surface area contributed by atoms with Gasteiger partial charge in [-0.3, -0.25) is 9.89 Å². The number of halogens is 3. The fraction of sp³-hybridized carbons (Fsp3) is 0.462. The molecule has 1 aliphatic rings. The van der Waals surface area contributed by atoms with Crippen LogP contribution in [0.5, 0.6) is 0 Å². The highest BCUT2D eigenvalue weighted by atomic mass is 19.4. The number of H-pyrrole nitrogens is 1. The van der Waals surface area contributed by atoms with E-state index >= 15 is 0 Å². The van der Waals surface area contributed by atoms with Crippen LogP contribution < -0.4 is 0 Å². The minimum atomic E-state index is -4.72. The first kappa shape index (κ1) is 15.5. The maximum absolute atomic E-state index is 12.8. The summed E-state index contributed by atoms with van der Waals surface area (Å²) in [6.45, 7) is 2.15. The molecular formula is C13H13F3N4O3. The third-order valence-electron chi connectivity index (χ3n) is 3.41. The SMILES string of the molecule is Cc1nc([C@H]2CN(C(=O)c3ccoc3C(F)(F)F)CCO2)n[nH]1. The van der Waals surface area contributed by atoms with E-state index < -0.39 is 29.5 Å². The van der Waals surface area contributed by atoms with Crippen molar-refractivity contribution in [2.45, 2.75) is 19.2 Å². The number of carbonyl (C=O) groups excluding carboxylic acids is 1. The van der Waals surface area contributed by atoms with Crippen LogP contribution in [0.25, 0.3) is 0 Å². The number of rotatable bonds is 2. The molecule has 0 bridgehead atoms. The number of ether oxygens (including phenoxy) is 1. The molecular weight excluding hydrogens is 317 g/mol. The van der Waals surface area contributed by atoms with E-state index in [2.05, 4.69) is 19.6 Å². The first-order valence-corrected chi connectivity index (χ1v) is 6.80. The molecule has 3 heterocycles. The summed E-state index contributed by atoms with van der Waals surface area (Å²) in [4.78, 5) is 17.8. The lowest BCUT2D eigenvalue weighted by Gasteiger charge is -2.31. The van der Waals surface area contributed by atoms with Gasteiger partial charge in [0.1, 0.15) is 11.9 Å². The molecule has 7 nitrogen and oxygen atoms in total. The number of nitrogens with zero attached hydrogens (tertiary/aromatic N) is 3. The van der Waals surface area contributed by atoms with E-state index in [0.717, 1.165) is 12.3 Å². The second-order valence-electron chi connectivity index (χ2n) is 5.05. The van der Waals surface area contributed by atoms with Crippen LogP contribution in [0.2, 0.25) is 0 Å². The van der Waals surface area contributed by atoms with Gasteiger partial charge in [0.15, 0.2) is 5.82 Å². The maximum Gasteiger partial charge on any atom is 0.450 e. The molecule has 23 heavy (non-hydrogen) atoms. The van der Waals surface area contributed by atoms with E-state index in [1.54, 1.807) is 6.92 Å². The number of hydrogen-bond donors (Lipinski definition) is 1. The summed E-state index contributed by atoms with van der Waals surface area (Å²) in [5, 5.41) is 6.61. The van der Waals surface area contributed by atoms with Gasteiger partial charge in [0.25, 0.3) is 5.91 Å². The van der Waals surface area contributed by atoms with Crippen LogP contribution in [-0.2, 0) is 10.9 Å². The number of nitrogens with one attached hydrogen (secondary N) is 1. The third-order valence-corrected chi connectivity index (χ3v) is 3.41. The lowest BCUT2D eigenvalue weighted by molar-refractivity contribution is -0.153. The molecule has 1 fully saturated rings. The van der Waals surface area contributed by atoms with Gasteiger partial charge in [0, 0.05) is 6.54 Å². The van der Waals surface area contributed by atoms with Gasteiger partial charge in [0.05, 0.1) is 25.0 Å². The Bertz CT molecular complexity index is 709. The highest BCUT2D eigenvalue weighted by molar-refractivity contribution is 5.95. The molecule has 0 saturated carbocycles. The molecule has 0 aromatic carbocycles. The maximum atomic E-state index is 12.8. The van der Waals surface area contributed by atoms with E-state index in [1.165, 1.54) is 4.90 Å². The fourth-order valence-electron chi connectivity index (χ4n) is 2.36. The van der Waals surface area contributed by atoms with Gasteiger partial charge < -0.3 is 14.1 Å². The predicted octanol–water partition coefficient (Wildman–Crippen LogP) is 1.94. The largest absolute Gasteiger partial charge is 0.459 e. The number of carbonyl (C=O) groups is 1. The molecule has 3 rings (SSSR count). The van der Waals surface area contributed by atoms with Gasteiger partial charge >= 0.3 is 6.18 Å². The summed E-state index contributed by atoms with van der Waals surface area (Å²) in [5.41, 5.74) is -0.510. The average molecular weight is 330 g/mol. The summed E-state index contributed by atoms with van der Waals surface area (Å²) in [6.07, 6.45) is -4.45. The van der Waals surface area contributed by atoms with Crippen molar-refractivity contribution in [3.63, 3.8) is 0 Å². The van der Waals surface area contributed by atoms with Gasteiger partial charge in [-0.1, -0.05) is 0 Å². The van der Waals surface area contributed by atoms with Crippen LogP contribution in [0.4, 0.5) is 13.2 Å². The summed E-state index contributed by atoms with van der Waals surface area (Å²) in [7, 11) is 0.